The number of hydrogen-bond acceptors (Lipinski definition) is 28. The Hall–Kier alpha value is -6.98. The van der Waals surface area contributed by atoms with E-state index < -0.39 is 0 Å². The van der Waals surface area contributed by atoms with Gasteiger partial charge >= 0.3 is 0 Å². The van der Waals surface area contributed by atoms with Gasteiger partial charge in [-0.15, -0.1) is 20.4 Å². The van der Waals surface area contributed by atoms with Crippen molar-refractivity contribution in [3.8, 4) is 0 Å². The molecule has 0 fully saturated rings. The first-order valence-electron chi connectivity index (χ1n) is 34.8. The van der Waals surface area contributed by atoms with Crippen LogP contribution in [0.4, 0.5) is 0 Å². The van der Waals surface area contributed by atoms with Gasteiger partial charge in [0.15, 0.2) is 23.2 Å². The number of nitrogens with zero attached hydrogens (tertiary/aromatic N) is 20. The summed E-state index contributed by atoms with van der Waals surface area (Å²) < 4.78 is 35.7. The van der Waals surface area contributed by atoms with E-state index in [-0.39, 0.29) is 54.1 Å². The molecule has 0 spiro atoms. The number of H-pyrrole nitrogens is 1. The Morgan fingerprint density at radius 3 is 1.13 bits per heavy atom. The van der Waals surface area contributed by atoms with Crippen LogP contribution in [0.1, 0.15) is 336 Å². The lowest BCUT2D eigenvalue weighted by Crippen LogP contribution is -2.13. The molecule has 0 unspecified atom stereocenters. The average Bonchev–Trinajstić information content (AvgIpc) is 1.77. The van der Waals surface area contributed by atoms with Crippen LogP contribution in [0.2, 0.25) is 0 Å². The molecule has 25 nitrogen and oxygen atoms in total. The van der Waals surface area contributed by atoms with Crippen molar-refractivity contribution >= 4 is 46.1 Å². The molecule has 0 bridgehead atoms. The molecule has 0 atom stereocenters. The Morgan fingerprint density at radius 1 is 0.388 bits per heavy atom. The number of hydrogen-bond donors (Lipinski definition) is 1. The third kappa shape index (κ3) is 39.6. The van der Waals surface area contributed by atoms with Crippen molar-refractivity contribution in [2.45, 2.75) is 345 Å². The van der Waals surface area contributed by atoms with Crippen molar-refractivity contribution in [1.82, 2.24) is 104 Å². The standard InChI is InChI=1S/C8H12N2.4C7H12N2O.4C7H12N2S.C6H11N3.2C2H6/c1-8(2,3)7-4-9-6-10-5-7;1-5-8-6(9-10-5)7(2,3)4;1-5-8-6(10-9-5)7(2,3)4;1-5-6(7(2,3)4)8-9-10-5;1-5-6(7(2,3)4)10-9-8-5;1-5-8-6(9-10-5)7(2,3)4;1-5-8-6(10-9-5)7(2,3)4;1-5-6(7(2,3)4)8-9-10-5;1-5-6(7(2,3)4)10-9-8-5;1-6(2,3)5-7-4-8-9-5;2*1-2/h4-6H,1-3H3;8*1-4H3;4H,1-3H3,(H,7,8,9);2*1-2H3. The maximum atomic E-state index is 4.97. The maximum absolute atomic E-state index is 4.97. The molecular weight excluding hydrogens is 1380 g/mol. The topological polar surface area (TPSA) is 326 Å². The number of aromatic nitrogens is 21. The molecule has 0 aromatic carbocycles. The molecule has 0 radical (unpaired) electrons. The fraction of sp³-hybridized carbons (Fsp3) is 0.703. The van der Waals surface area contributed by atoms with E-state index in [1.54, 1.807) is 13.3 Å². The summed E-state index contributed by atoms with van der Waals surface area (Å²) >= 11 is 5.93. The van der Waals surface area contributed by atoms with Crippen LogP contribution < -0.4 is 0 Å². The van der Waals surface area contributed by atoms with E-state index in [1.165, 1.54) is 67.8 Å². The first kappa shape index (κ1) is 98.1. The van der Waals surface area contributed by atoms with Gasteiger partial charge in [0.2, 0.25) is 11.8 Å². The van der Waals surface area contributed by atoms with Crippen molar-refractivity contribution < 1.29 is 18.1 Å². The first-order chi connectivity index (χ1) is 46.8. The Bertz CT molecular complexity index is 3400. The molecule has 10 rings (SSSR count). The molecule has 0 aliphatic rings. The van der Waals surface area contributed by atoms with E-state index in [0.29, 0.717) is 17.6 Å². The minimum absolute atomic E-state index is 0.00222. The van der Waals surface area contributed by atoms with Gasteiger partial charge in [0, 0.05) is 78.1 Å². The van der Waals surface area contributed by atoms with Crippen LogP contribution in [-0.4, -0.2) is 104 Å². The summed E-state index contributed by atoms with van der Waals surface area (Å²) in [6, 6.07) is 0. The van der Waals surface area contributed by atoms with E-state index in [9.17, 15) is 0 Å². The maximum Gasteiger partial charge on any atom is 0.232 e. The molecule has 10 aromatic rings. The predicted octanol–water partition coefficient (Wildman–Crippen LogP) is 20.2. The molecule has 29 heteroatoms. The lowest BCUT2D eigenvalue weighted by atomic mass is 9.89. The van der Waals surface area contributed by atoms with Gasteiger partial charge in [-0.2, -0.15) is 23.8 Å². The van der Waals surface area contributed by atoms with Crippen LogP contribution in [0.25, 0.3) is 0 Å². The van der Waals surface area contributed by atoms with E-state index in [1.807, 2.05) is 102 Å². The van der Waals surface area contributed by atoms with Gasteiger partial charge in [-0.05, 0) is 111 Å². The summed E-state index contributed by atoms with van der Waals surface area (Å²) in [5.74, 6) is 7.25. The SMILES string of the molecule is CC.CC.CC(C)(C)c1cncnc1.CC(C)(C)c1ncn[nH]1.Cc1nc(C(C)(C)C)no1.Cc1nc(C(C)(C)C)ns1.Cc1nnoc1C(C)(C)C.Cc1nnsc1C(C)(C)C.Cc1noc(C(C)(C)C)n1.Cc1nsc(C(C)(C)C)n1.Cc1onnc1C(C)(C)C.Cc1snnc1C(C)(C)C. The molecule has 10 heterocycles. The predicted molar refractivity (Wildman–Crippen MR) is 423 cm³/mol. The third-order valence-electron chi connectivity index (χ3n) is 12.7. The lowest BCUT2D eigenvalue weighted by molar-refractivity contribution is 0.315. The summed E-state index contributed by atoms with van der Waals surface area (Å²) in [4.78, 5) is 31.2. The summed E-state index contributed by atoms with van der Waals surface area (Å²) in [7, 11) is 0. The van der Waals surface area contributed by atoms with E-state index >= 15 is 0 Å². The zero-order valence-electron chi connectivity index (χ0n) is 71.0. The fourth-order valence-corrected chi connectivity index (χ4v) is 10.1. The van der Waals surface area contributed by atoms with Crippen LogP contribution in [0.5, 0.6) is 0 Å². The second kappa shape index (κ2) is 42.8. The van der Waals surface area contributed by atoms with Crippen molar-refractivity contribution in [3.63, 3.8) is 0 Å². The van der Waals surface area contributed by atoms with Crippen LogP contribution in [-0.2, 0) is 54.1 Å². The second-order valence-electron chi connectivity index (χ2n) is 33.8. The zero-order valence-corrected chi connectivity index (χ0v) is 74.3. The zero-order chi connectivity index (χ0) is 80.7. The van der Waals surface area contributed by atoms with Gasteiger partial charge in [0.1, 0.15) is 51.5 Å². The Morgan fingerprint density at radius 2 is 0.922 bits per heavy atom. The second-order valence-corrected chi connectivity index (χ2v) is 37.2. The van der Waals surface area contributed by atoms with Crippen molar-refractivity contribution in [3.05, 3.63) is 126 Å². The number of nitrogens with one attached hydrogen (secondary N) is 1. The molecule has 580 valence electrons. The number of aromatic amines is 1. The highest BCUT2D eigenvalue weighted by molar-refractivity contribution is 7.06. The Labute approximate surface area is 635 Å². The van der Waals surface area contributed by atoms with Crippen molar-refractivity contribution in [2.24, 2.45) is 0 Å². The van der Waals surface area contributed by atoms with E-state index in [0.717, 1.165) is 67.6 Å². The monoisotopic (exact) mass is 1510 g/mol. The summed E-state index contributed by atoms with van der Waals surface area (Å²) in [6.07, 6.45) is 6.79. The highest BCUT2D eigenvalue weighted by Crippen LogP contribution is 2.29. The van der Waals surface area contributed by atoms with Crippen molar-refractivity contribution in [2.75, 3.05) is 0 Å². The molecule has 0 aliphatic heterocycles. The Balaban J connectivity index is 0. The molecular formula is C74H131N21O4S4. The summed E-state index contributed by atoms with van der Waals surface area (Å²) in [5.41, 5.74) is 6.10. The fourth-order valence-electron chi connectivity index (χ4n) is 7.32. The van der Waals surface area contributed by atoms with Crippen LogP contribution in [0, 0.1) is 55.4 Å². The van der Waals surface area contributed by atoms with E-state index in [4.69, 9.17) is 18.1 Å². The minimum Gasteiger partial charge on any atom is -0.342 e. The van der Waals surface area contributed by atoms with E-state index in [2.05, 4.69) is 298 Å². The van der Waals surface area contributed by atoms with Gasteiger partial charge in [-0.1, -0.05) is 255 Å². The molecule has 0 amide bonds. The molecule has 0 saturated heterocycles. The largest absolute Gasteiger partial charge is 0.342 e. The third-order valence-corrected chi connectivity index (χ3v) is 16.4. The normalized spacial score (nSPS) is 11.6. The molecule has 1 N–H and O–H groups in total. The first-order valence-corrected chi connectivity index (χ1v) is 37.9. The van der Waals surface area contributed by atoms with Crippen LogP contribution in [0.15, 0.2) is 43.1 Å². The average molecular weight is 1510 g/mol. The number of rotatable bonds is 0. The Kier molecular flexibility index (Phi) is 40.8. The van der Waals surface area contributed by atoms with Gasteiger partial charge in [0.25, 0.3) is 0 Å². The highest BCUT2D eigenvalue weighted by Gasteiger charge is 2.26. The highest BCUT2D eigenvalue weighted by atomic mass is 32.1. The van der Waals surface area contributed by atoms with Gasteiger partial charge < -0.3 is 18.1 Å². The van der Waals surface area contributed by atoms with Gasteiger partial charge in [0.05, 0.1) is 16.3 Å². The lowest BCUT2D eigenvalue weighted by Gasteiger charge is -2.16. The van der Waals surface area contributed by atoms with Gasteiger partial charge in [-0.3, -0.25) is 5.10 Å². The molecule has 10 aromatic heterocycles. The summed E-state index contributed by atoms with van der Waals surface area (Å²) in [6.45, 7) is 86.6. The van der Waals surface area contributed by atoms with Crippen LogP contribution in [0.3, 0.4) is 0 Å². The van der Waals surface area contributed by atoms with Crippen molar-refractivity contribution in [1.29, 1.82) is 0 Å². The molecule has 0 saturated carbocycles. The smallest absolute Gasteiger partial charge is 0.232 e. The summed E-state index contributed by atoms with van der Waals surface area (Å²) in [5, 5.41) is 38.8. The molecule has 0 aliphatic carbocycles. The van der Waals surface area contributed by atoms with Crippen LogP contribution >= 0.6 is 46.1 Å². The quantitative estimate of drug-likeness (QED) is 0.147. The van der Waals surface area contributed by atoms with Gasteiger partial charge in [-0.25, -0.2) is 24.9 Å². The minimum atomic E-state index is -0.0265. The molecule has 103 heavy (non-hydrogen) atoms. The number of aryl methyl sites for hydroxylation is 8.